The number of nitrogens with zero attached hydrogens (tertiary/aromatic N) is 4. The lowest BCUT2D eigenvalue weighted by atomic mass is 10.1. The van der Waals surface area contributed by atoms with Crippen LogP contribution >= 0.6 is 0 Å². The zero-order valence-electron chi connectivity index (χ0n) is 13.9. The Balaban J connectivity index is 1.53. The first kappa shape index (κ1) is 14.8. The lowest BCUT2D eigenvalue weighted by molar-refractivity contribution is 0.664. The maximum Gasteiger partial charge on any atom is 0.262 e. The minimum absolute atomic E-state index is 0.0758. The molecule has 0 saturated heterocycles. The summed E-state index contributed by atoms with van der Waals surface area (Å²) in [6, 6.07) is 13.7. The van der Waals surface area contributed by atoms with Crippen LogP contribution in [0.4, 0.5) is 0 Å². The van der Waals surface area contributed by atoms with E-state index in [1.807, 2.05) is 42.6 Å². The molecule has 0 saturated carbocycles. The van der Waals surface area contributed by atoms with E-state index in [0.717, 1.165) is 17.3 Å². The normalized spacial score (nSPS) is 11.5. The number of hydrogen-bond donors (Lipinski definition) is 1. The zero-order valence-corrected chi connectivity index (χ0v) is 13.9. The van der Waals surface area contributed by atoms with Gasteiger partial charge in [0.2, 0.25) is 0 Å². The minimum atomic E-state index is -0.0758. The SMILES string of the molecule is O=c1c2cc3cccnc3nc2ncn1CCc1c[nH]c2ccccc12. The van der Waals surface area contributed by atoms with Crippen LogP contribution in [0.25, 0.3) is 33.0 Å². The van der Waals surface area contributed by atoms with Gasteiger partial charge in [0.05, 0.1) is 11.7 Å². The molecule has 4 aromatic heterocycles. The zero-order chi connectivity index (χ0) is 17.5. The van der Waals surface area contributed by atoms with E-state index in [9.17, 15) is 4.79 Å². The average molecular weight is 341 g/mol. The van der Waals surface area contributed by atoms with Gasteiger partial charge < -0.3 is 4.98 Å². The van der Waals surface area contributed by atoms with E-state index >= 15 is 0 Å². The highest BCUT2D eigenvalue weighted by Crippen LogP contribution is 2.18. The number of rotatable bonds is 3. The topological polar surface area (TPSA) is 76.5 Å². The second kappa shape index (κ2) is 5.77. The number of aromatic nitrogens is 5. The van der Waals surface area contributed by atoms with Crippen LogP contribution in [-0.2, 0) is 13.0 Å². The summed E-state index contributed by atoms with van der Waals surface area (Å²) in [6.07, 6.45) is 6.01. The molecule has 0 bridgehead atoms. The molecular formula is C20H15N5O. The first-order chi connectivity index (χ1) is 12.8. The van der Waals surface area contributed by atoms with Crippen LogP contribution in [0.1, 0.15) is 5.56 Å². The highest BCUT2D eigenvalue weighted by atomic mass is 16.1. The van der Waals surface area contributed by atoms with Gasteiger partial charge in [0.15, 0.2) is 11.3 Å². The van der Waals surface area contributed by atoms with Gasteiger partial charge in [0.25, 0.3) is 5.56 Å². The van der Waals surface area contributed by atoms with Crippen molar-refractivity contribution in [3.63, 3.8) is 0 Å². The first-order valence-corrected chi connectivity index (χ1v) is 8.45. The van der Waals surface area contributed by atoms with Crippen molar-refractivity contribution in [3.8, 4) is 0 Å². The molecule has 0 fully saturated rings. The summed E-state index contributed by atoms with van der Waals surface area (Å²) in [4.78, 5) is 29.1. The third-order valence-corrected chi connectivity index (χ3v) is 4.68. The summed E-state index contributed by atoms with van der Waals surface area (Å²) in [5, 5.41) is 2.55. The first-order valence-electron chi connectivity index (χ1n) is 8.45. The molecule has 0 aliphatic rings. The van der Waals surface area contributed by atoms with Crippen LogP contribution in [0.15, 0.2) is 66.0 Å². The van der Waals surface area contributed by atoms with E-state index in [1.165, 1.54) is 10.9 Å². The van der Waals surface area contributed by atoms with Gasteiger partial charge in [-0.3, -0.25) is 9.36 Å². The Morgan fingerprint density at radius 1 is 1.00 bits per heavy atom. The fraction of sp³-hybridized carbons (Fsp3) is 0.100. The molecule has 0 atom stereocenters. The smallest absolute Gasteiger partial charge is 0.262 e. The van der Waals surface area contributed by atoms with Crippen molar-refractivity contribution in [2.24, 2.45) is 0 Å². The van der Waals surface area contributed by atoms with Crippen molar-refractivity contribution in [1.82, 2.24) is 24.5 Å². The molecule has 126 valence electrons. The Hall–Kier alpha value is -3.54. The van der Waals surface area contributed by atoms with Gasteiger partial charge in [0, 0.05) is 35.2 Å². The third kappa shape index (κ3) is 2.35. The van der Waals surface area contributed by atoms with Gasteiger partial charge in [-0.1, -0.05) is 18.2 Å². The number of fused-ring (bicyclic) bond motifs is 3. The quantitative estimate of drug-likeness (QED) is 0.512. The number of pyridine rings is 2. The molecule has 0 radical (unpaired) electrons. The van der Waals surface area contributed by atoms with Gasteiger partial charge in [0.1, 0.15) is 0 Å². The van der Waals surface area contributed by atoms with Gasteiger partial charge in [-0.15, -0.1) is 0 Å². The van der Waals surface area contributed by atoms with Crippen LogP contribution in [0.3, 0.4) is 0 Å². The van der Waals surface area contributed by atoms with Crippen molar-refractivity contribution in [3.05, 3.63) is 77.1 Å². The van der Waals surface area contributed by atoms with E-state index in [1.54, 1.807) is 17.1 Å². The van der Waals surface area contributed by atoms with Crippen molar-refractivity contribution >= 4 is 33.0 Å². The van der Waals surface area contributed by atoms with Crippen molar-refractivity contribution in [2.75, 3.05) is 0 Å². The summed E-state index contributed by atoms with van der Waals surface area (Å²) in [5.74, 6) is 0. The Morgan fingerprint density at radius 2 is 1.92 bits per heavy atom. The number of aromatic amines is 1. The highest BCUT2D eigenvalue weighted by Gasteiger charge is 2.09. The minimum Gasteiger partial charge on any atom is -0.361 e. The Kier molecular flexibility index (Phi) is 3.28. The number of aryl methyl sites for hydroxylation is 2. The molecule has 0 spiro atoms. The monoisotopic (exact) mass is 341 g/mol. The number of para-hydroxylation sites is 1. The summed E-state index contributed by atoms with van der Waals surface area (Å²) < 4.78 is 1.65. The van der Waals surface area contributed by atoms with Crippen LogP contribution in [0.2, 0.25) is 0 Å². The second-order valence-electron chi connectivity index (χ2n) is 6.26. The van der Waals surface area contributed by atoms with Crippen molar-refractivity contribution < 1.29 is 0 Å². The van der Waals surface area contributed by atoms with E-state index < -0.39 is 0 Å². The predicted molar refractivity (Wildman–Crippen MR) is 101 cm³/mol. The van der Waals surface area contributed by atoms with E-state index in [4.69, 9.17) is 0 Å². The molecule has 5 rings (SSSR count). The van der Waals surface area contributed by atoms with Gasteiger partial charge in [-0.25, -0.2) is 15.0 Å². The molecule has 1 aromatic carbocycles. The van der Waals surface area contributed by atoms with Gasteiger partial charge in [-0.2, -0.15) is 0 Å². The standard InChI is InChI=1S/C20H15N5O/c26-20-16-10-13-4-3-8-21-18(13)24-19(16)23-12-25(20)9-7-14-11-22-17-6-2-1-5-15(14)17/h1-6,8,10-12,22H,7,9H2. The number of hydrogen-bond acceptors (Lipinski definition) is 4. The Labute approximate surface area is 148 Å². The molecule has 0 aliphatic heterocycles. The number of H-pyrrole nitrogens is 1. The summed E-state index contributed by atoms with van der Waals surface area (Å²) in [5.41, 5.74) is 3.25. The molecular weight excluding hydrogens is 326 g/mol. The van der Waals surface area contributed by atoms with Crippen LogP contribution in [0, 0.1) is 0 Å². The van der Waals surface area contributed by atoms with Gasteiger partial charge >= 0.3 is 0 Å². The second-order valence-corrected chi connectivity index (χ2v) is 6.26. The molecule has 4 heterocycles. The van der Waals surface area contributed by atoms with Crippen LogP contribution in [0.5, 0.6) is 0 Å². The lowest BCUT2D eigenvalue weighted by Gasteiger charge is -2.06. The Bertz CT molecular complexity index is 1320. The molecule has 5 aromatic rings. The molecule has 6 heteroatoms. The van der Waals surface area contributed by atoms with Crippen LogP contribution in [-0.4, -0.2) is 24.5 Å². The molecule has 0 aliphatic carbocycles. The van der Waals surface area contributed by atoms with Crippen molar-refractivity contribution in [1.29, 1.82) is 0 Å². The maximum absolute atomic E-state index is 12.8. The van der Waals surface area contributed by atoms with Crippen LogP contribution < -0.4 is 5.56 Å². The molecule has 0 amide bonds. The summed E-state index contributed by atoms with van der Waals surface area (Å²) in [6.45, 7) is 0.564. The van der Waals surface area contributed by atoms with E-state index in [-0.39, 0.29) is 5.56 Å². The molecule has 1 N–H and O–H groups in total. The number of nitrogens with one attached hydrogen (secondary N) is 1. The molecule has 6 nitrogen and oxygen atoms in total. The Morgan fingerprint density at radius 3 is 2.88 bits per heavy atom. The summed E-state index contributed by atoms with van der Waals surface area (Å²) in [7, 11) is 0. The third-order valence-electron chi connectivity index (χ3n) is 4.68. The van der Waals surface area contributed by atoms with Gasteiger partial charge in [-0.05, 0) is 36.2 Å². The fourth-order valence-electron chi connectivity index (χ4n) is 3.32. The van der Waals surface area contributed by atoms with Crippen molar-refractivity contribution in [2.45, 2.75) is 13.0 Å². The molecule has 26 heavy (non-hydrogen) atoms. The largest absolute Gasteiger partial charge is 0.361 e. The fourth-order valence-corrected chi connectivity index (χ4v) is 3.32. The summed E-state index contributed by atoms with van der Waals surface area (Å²) >= 11 is 0. The maximum atomic E-state index is 12.8. The lowest BCUT2D eigenvalue weighted by Crippen LogP contribution is -2.22. The predicted octanol–water partition coefficient (Wildman–Crippen LogP) is 3.06. The molecule has 0 unspecified atom stereocenters. The van der Waals surface area contributed by atoms with E-state index in [2.05, 4.69) is 26.0 Å². The average Bonchev–Trinajstić information content (AvgIpc) is 3.10. The number of benzene rings is 1. The highest BCUT2D eigenvalue weighted by molar-refractivity contribution is 5.88. The van der Waals surface area contributed by atoms with E-state index in [0.29, 0.717) is 23.2 Å².